The number of allylic oxidation sites excluding steroid dienone is 1. The predicted molar refractivity (Wildman–Crippen MR) is 103 cm³/mol. The quantitative estimate of drug-likeness (QED) is 0.429. The number of nitrogens with one attached hydrogen (secondary N) is 2. The zero-order chi connectivity index (χ0) is 20.7. The number of hydrogen-bond donors (Lipinski definition) is 3. The van der Waals surface area contributed by atoms with Crippen LogP contribution in [0, 0.1) is 11.8 Å². The maximum absolute atomic E-state index is 11.9. The number of carboxylic acid groups (broad SMARTS) is 1. The van der Waals surface area contributed by atoms with Gasteiger partial charge in [0, 0.05) is 12.5 Å². The lowest BCUT2D eigenvalue weighted by Crippen LogP contribution is -2.46. The summed E-state index contributed by atoms with van der Waals surface area (Å²) in [6, 6.07) is -1.02. The van der Waals surface area contributed by atoms with Gasteiger partial charge in [-0.05, 0) is 65.2 Å². The molecule has 8 heteroatoms. The van der Waals surface area contributed by atoms with E-state index in [1.807, 2.05) is 0 Å². The van der Waals surface area contributed by atoms with Crippen LogP contribution in [-0.2, 0) is 14.3 Å². The van der Waals surface area contributed by atoms with Crippen LogP contribution in [0.2, 0.25) is 0 Å². The molecule has 0 aromatic carbocycles. The van der Waals surface area contributed by atoms with Gasteiger partial charge in [-0.1, -0.05) is 12.2 Å². The maximum Gasteiger partial charge on any atom is 0.408 e. The normalized spacial score (nSPS) is 24.3. The number of carbonyl (C=O) groups is 3. The minimum atomic E-state index is -1.11. The van der Waals surface area contributed by atoms with E-state index in [1.54, 1.807) is 20.8 Å². The third-order valence-corrected chi connectivity index (χ3v) is 5.01. The highest BCUT2D eigenvalue weighted by molar-refractivity contribution is 5.79. The highest BCUT2D eigenvalue weighted by Gasteiger charge is 2.42. The van der Waals surface area contributed by atoms with Crippen molar-refractivity contribution < 1.29 is 29.0 Å². The van der Waals surface area contributed by atoms with E-state index >= 15 is 0 Å². The van der Waals surface area contributed by atoms with E-state index in [1.165, 1.54) is 6.42 Å². The zero-order valence-corrected chi connectivity index (χ0v) is 16.9. The zero-order valence-electron chi connectivity index (χ0n) is 16.9. The Balaban J connectivity index is 1.59. The molecule has 0 heterocycles. The average Bonchev–Trinajstić information content (AvgIpc) is 2.56. The number of fused-ring (bicyclic) bond motifs is 1. The van der Waals surface area contributed by atoms with E-state index in [9.17, 15) is 19.5 Å². The fraction of sp³-hybridized carbons (Fsp3) is 0.750. The Labute approximate surface area is 166 Å². The minimum Gasteiger partial charge on any atom is -0.480 e. The second-order valence-corrected chi connectivity index (χ2v) is 8.48. The van der Waals surface area contributed by atoms with E-state index in [4.69, 9.17) is 9.47 Å². The number of hydrogen-bond acceptors (Lipinski definition) is 5. The van der Waals surface area contributed by atoms with Gasteiger partial charge in [0.15, 0.2) is 0 Å². The van der Waals surface area contributed by atoms with Crippen molar-refractivity contribution in [3.63, 3.8) is 0 Å². The maximum atomic E-state index is 11.9. The molecule has 0 aliphatic heterocycles. The lowest BCUT2D eigenvalue weighted by Gasteiger charge is -2.44. The van der Waals surface area contributed by atoms with Crippen LogP contribution in [0.1, 0.15) is 59.3 Å². The third kappa shape index (κ3) is 7.05. The summed E-state index contributed by atoms with van der Waals surface area (Å²) in [4.78, 5) is 34.9. The van der Waals surface area contributed by atoms with Crippen LogP contribution in [-0.4, -0.2) is 47.6 Å². The molecule has 0 spiro atoms. The van der Waals surface area contributed by atoms with Crippen LogP contribution in [0.3, 0.4) is 0 Å². The highest BCUT2D eigenvalue weighted by atomic mass is 16.6. The lowest BCUT2D eigenvalue weighted by molar-refractivity contribution is -0.139. The van der Waals surface area contributed by atoms with Crippen molar-refractivity contribution in [2.24, 2.45) is 11.8 Å². The Morgan fingerprint density at radius 2 is 1.96 bits per heavy atom. The van der Waals surface area contributed by atoms with Gasteiger partial charge in [-0.3, -0.25) is 0 Å². The summed E-state index contributed by atoms with van der Waals surface area (Å²) in [5, 5.41) is 14.3. The molecule has 2 unspecified atom stereocenters. The number of carboxylic acids is 1. The first-order valence-electron chi connectivity index (χ1n) is 9.99. The molecule has 1 fully saturated rings. The third-order valence-electron chi connectivity index (χ3n) is 5.01. The summed E-state index contributed by atoms with van der Waals surface area (Å²) in [7, 11) is 0. The van der Waals surface area contributed by atoms with E-state index < -0.39 is 29.8 Å². The van der Waals surface area contributed by atoms with E-state index in [0.29, 0.717) is 31.2 Å². The Morgan fingerprint density at radius 3 is 2.61 bits per heavy atom. The number of amides is 2. The van der Waals surface area contributed by atoms with E-state index in [-0.39, 0.29) is 12.5 Å². The van der Waals surface area contributed by atoms with Gasteiger partial charge in [-0.2, -0.15) is 0 Å². The van der Waals surface area contributed by atoms with Gasteiger partial charge in [0.1, 0.15) is 17.7 Å². The molecule has 0 saturated heterocycles. The van der Waals surface area contributed by atoms with E-state index in [0.717, 1.165) is 12.8 Å². The summed E-state index contributed by atoms with van der Waals surface area (Å²) in [6.07, 6.45) is 7.68. The smallest absolute Gasteiger partial charge is 0.408 e. The van der Waals surface area contributed by atoms with Gasteiger partial charge in [0.05, 0.1) is 0 Å². The molecule has 2 amide bonds. The molecular formula is C20H32N2O6. The molecule has 2 aliphatic rings. The number of unbranched alkanes of at least 4 members (excludes halogenated alkanes) is 1. The summed E-state index contributed by atoms with van der Waals surface area (Å²) in [6.45, 7) is 5.53. The summed E-state index contributed by atoms with van der Waals surface area (Å²) in [5.41, 5.74) is -0.689. The average molecular weight is 396 g/mol. The Kier molecular flexibility index (Phi) is 7.71. The van der Waals surface area contributed by atoms with Gasteiger partial charge in [-0.15, -0.1) is 0 Å². The molecule has 4 atom stereocenters. The van der Waals surface area contributed by atoms with Gasteiger partial charge in [-0.25, -0.2) is 14.4 Å². The number of alkyl carbamates (subject to hydrolysis) is 2. The van der Waals surface area contributed by atoms with Gasteiger partial charge < -0.3 is 25.2 Å². The SMILES string of the molecule is CC(C)(C)OC(=O)N[C@@H](CCCCNC(=O)OC1CC2CCC=C[C@H]21)C(=O)O. The molecule has 0 bridgehead atoms. The Hall–Kier alpha value is -2.25. The first kappa shape index (κ1) is 22.0. The van der Waals surface area contributed by atoms with Gasteiger partial charge in [0.2, 0.25) is 0 Å². The van der Waals surface area contributed by atoms with Crippen LogP contribution in [0.4, 0.5) is 9.59 Å². The number of ether oxygens (including phenoxy) is 2. The molecule has 1 saturated carbocycles. The molecule has 2 aliphatic carbocycles. The predicted octanol–water partition coefficient (Wildman–Crippen LogP) is 3.22. The second-order valence-electron chi connectivity index (χ2n) is 8.48. The van der Waals surface area contributed by atoms with Crippen molar-refractivity contribution in [1.29, 1.82) is 0 Å². The topological polar surface area (TPSA) is 114 Å². The monoisotopic (exact) mass is 396 g/mol. The van der Waals surface area contributed by atoms with Gasteiger partial charge >= 0.3 is 18.2 Å². The second kappa shape index (κ2) is 9.80. The van der Waals surface area contributed by atoms with Crippen LogP contribution < -0.4 is 10.6 Å². The molecule has 0 aromatic rings. The summed E-state index contributed by atoms with van der Waals surface area (Å²) < 4.78 is 10.5. The van der Waals surface area contributed by atoms with Crippen molar-refractivity contribution in [3.8, 4) is 0 Å². The molecule has 2 rings (SSSR count). The Morgan fingerprint density at radius 1 is 1.21 bits per heavy atom. The van der Waals surface area contributed by atoms with Gasteiger partial charge in [0.25, 0.3) is 0 Å². The number of carbonyl (C=O) groups excluding carboxylic acids is 2. The van der Waals surface area contributed by atoms with Crippen LogP contribution in [0.15, 0.2) is 12.2 Å². The Bertz CT molecular complexity index is 598. The highest BCUT2D eigenvalue weighted by Crippen LogP contribution is 2.43. The van der Waals surface area contributed by atoms with Crippen LogP contribution in [0.25, 0.3) is 0 Å². The van der Waals surface area contributed by atoms with E-state index in [2.05, 4.69) is 22.8 Å². The standard InChI is InChI=1S/C20H32N2O6/c1-20(2,3)28-19(26)22-15(17(23)24)10-6-7-11-21-18(25)27-16-12-13-8-4-5-9-14(13)16/h5,9,13-16H,4,6-8,10-12H2,1-3H3,(H,21,25)(H,22,26)(H,23,24)/t13?,14-,15+,16?/m1/s1. The largest absolute Gasteiger partial charge is 0.480 e. The fourth-order valence-corrected chi connectivity index (χ4v) is 3.55. The molecule has 28 heavy (non-hydrogen) atoms. The van der Waals surface area contributed by atoms with Crippen molar-refractivity contribution in [2.75, 3.05) is 6.54 Å². The minimum absolute atomic E-state index is 0.0315. The molecule has 0 aromatic heterocycles. The van der Waals surface area contributed by atoms with Crippen molar-refractivity contribution >= 4 is 18.2 Å². The first-order chi connectivity index (χ1) is 13.2. The van der Waals surface area contributed by atoms with Crippen LogP contribution in [0.5, 0.6) is 0 Å². The van der Waals surface area contributed by atoms with Crippen LogP contribution >= 0.6 is 0 Å². The molecule has 3 N–H and O–H groups in total. The molecule has 8 nitrogen and oxygen atoms in total. The summed E-state index contributed by atoms with van der Waals surface area (Å²) >= 11 is 0. The van der Waals surface area contributed by atoms with Crippen molar-refractivity contribution in [3.05, 3.63) is 12.2 Å². The number of aliphatic carboxylic acids is 1. The van der Waals surface area contributed by atoms with Crippen molar-refractivity contribution in [1.82, 2.24) is 10.6 Å². The number of rotatable bonds is 8. The van der Waals surface area contributed by atoms with Crippen molar-refractivity contribution in [2.45, 2.75) is 77.0 Å². The molecular weight excluding hydrogens is 364 g/mol. The fourth-order valence-electron chi connectivity index (χ4n) is 3.55. The first-order valence-corrected chi connectivity index (χ1v) is 9.99. The molecule has 0 radical (unpaired) electrons. The summed E-state index contributed by atoms with van der Waals surface area (Å²) in [5.74, 6) is -0.110. The molecule has 158 valence electrons. The lowest BCUT2D eigenvalue weighted by atomic mass is 9.66.